The fourth-order valence-electron chi connectivity index (χ4n) is 5.59. The highest BCUT2D eigenvalue weighted by molar-refractivity contribution is 7.25. The number of thiophene rings is 1. The molecule has 0 aliphatic rings. The average molecular weight is 515 g/mol. The highest BCUT2D eigenvalue weighted by Crippen LogP contribution is 2.41. The molecule has 182 valence electrons. The van der Waals surface area contributed by atoms with Crippen LogP contribution in [0.25, 0.3) is 75.6 Å². The second-order valence-corrected chi connectivity index (χ2v) is 10.9. The number of hydrogen-bond donors (Lipinski definition) is 0. The highest BCUT2D eigenvalue weighted by Gasteiger charge is 2.16. The van der Waals surface area contributed by atoms with Crippen LogP contribution in [0.2, 0.25) is 0 Å². The zero-order valence-electron chi connectivity index (χ0n) is 21.0. The zero-order valence-corrected chi connectivity index (χ0v) is 21.8. The van der Waals surface area contributed by atoms with Crippen molar-refractivity contribution < 1.29 is 0 Å². The SMILES string of the molecule is c1ccc(-c2cc(-c3ccccc3)nc(-c3cc4cc5sc6ccccc6c5cc4c4ccccc34)n2)cc1. The fourth-order valence-corrected chi connectivity index (χ4v) is 6.73. The number of nitrogens with zero attached hydrogens (tertiary/aromatic N) is 2. The lowest BCUT2D eigenvalue weighted by molar-refractivity contribution is 1.19. The van der Waals surface area contributed by atoms with Crippen molar-refractivity contribution in [2.24, 2.45) is 0 Å². The third kappa shape index (κ3) is 3.70. The lowest BCUT2D eigenvalue weighted by Crippen LogP contribution is -1.97. The summed E-state index contributed by atoms with van der Waals surface area (Å²) >= 11 is 1.85. The molecule has 0 N–H and O–H groups in total. The lowest BCUT2D eigenvalue weighted by atomic mass is 9.95. The smallest absolute Gasteiger partial charge is 0.161 e. The van der Waals surface area contributed by atoms with Crippen molar-refractivity contribution in [1.29, 1.82) is 0 Å². The van der Waals surface area contributed by atoms with Gasteiger partial charge in [0, 0.05) is 36.9 Å². The fraction of sp³-hybridized carbons (Fsp3) is 0. The van der Waals surface area contributed by atoms with Crippen molar-refractivity contribution >= 4 is 53.1 Å². The Kier molecular flexibility index (Phi) is 5.04. The summed E-state index contributed by atoms with van der Waals surface area (Å²) in [4.78, 5) is 10.3. The Labute approximate surface area is 229 Å². The minimum absolute atomic E-state index is 0.741. The average Bonchev–Trinajstić information content (AvgIpc) is 3.38. The van der Waals surface area contributed by atoms with Gasteiger partial charge >= 0.3 is 0 Å². The molecule has 0 unspecified atom stereocenters. The topological polar surface area (TPSA) is 25.8 Å². The molecule has 2 heterocycles. The van der Waals surface area contributed by atoms with E-state index in [1.165, 1.54) is 36.3 Å². The second-order valence-electron chi connectivity index (χ2n) is 9.83. The van der Waals surface area contributed by atoms with Crippen LogP contribution in [0.3, 0.4) is 0 Å². The Bertz CT molecular complexity index is 2110. The molecular formula is C36H22N2S. The normalized spacial score (nSPS) is 11.6. The van der Waals surface area contributed by atoms with Gasteiger partial charge < -0.3 is 0 Å². The Morgan fingerprint density at radius 3 is 1.69 bits per heavy atom. The summed E-state index contributed by atoms with van der Waals surface area (Å²) in [7, 11) is 0. The standard InChI is InChI=1S/C36H22N2S/c1-3-11-23(12-4-1)32-22-33(24-13-5-2-6-14-24)38-36(37-32)31-19-25-20-35-30(28-17-9-10-18-34(28)39-35)21-29(25)26-15-7-8-16-27(26)31/h1-22H. The van der Waals surface area contributed by atoms with E-state index in [4.69, 9.17) is 9.97 Å². The van der Waals surface area contributed by atoms with E-state index in [1.54, 1.807) is 0 Å². The Balaban J connectivity index is 1.44. The molecule has 8 rings (SSSR count). The maximum absolute atomic E-state index is 5.14. The summed E-state index contributed by atoms with van der Waals surface area (Å²) in [5.41, 5.74) is 5.05. The third-order valence-electron chi connectivity index (χ3n) is 7.46. The van der Waals surface area contributed by atoms with Crippen LogP contribution in [-0.2, 0) is 0 Å². The molecule has 2 nitrogen and oxygen atoms in total. The zero-order chi connectivity index (χ0) is 25.8. The molecule has 3 heteroatoms. The van der Waals surface area contributed by atoms with Crippen LogP contribution < -0.4 is 0 Å². The molecule has 0 aliphatic heterocycles. The summed E-state index contributed by atoms with van der Waals surface area (Å²) in [5.74, 6) is 0.741. The maximum Gasteiger partial charge on any atom is 0.161 e. The van der Waals surface area contributed by atoms with Crippen LogP contribution in [0, 0.1) is 0 Å². The molecule has 6 aromatic carbocycles. The van der Waals surface area contributed by atoms with Gasteiger partial charge in [0.1, 0.15) is 0 Å². The number of rotatable bonds is 3. The molecule has 8 aromatic rings. The van der Waals surface area contributed by atoms with Crippen LogP contribution in [0.5, 0.6) is 0 Å². The molecule has 0 saturated heterocycles. The van der Waals surface area contributed by atoms with Crippen LogP contribution >= 0.6 is 11.3 Å². The molecule has 0 spiro atoms. The summed E-state index contributed by atoms with van der Waals surface area (Å²) in [6, 6.07) is 47.1. The molecule has 0 atom stereocenters. The van der Waals surface area contributed by atoms with Gasteiger partial charge in [-0.2, -0.15) is 0 Å². The quantitative estimate of drug-likeness (QED) is 0.219. The third-order valence-corrected chi connectivity index (χ3v) is 8.60. The molecule has 0 fully saturated rings. The van der Waals surface area contributed by atoms with E-state index < -0.39 is 0 Å². The molecule has 0 amide bonds. The summed E-state index contributed by atoms with van der Waals surface area (Å²) < 4.78 is 2.62. The molecule has 39 heavy (non-hydrogen) atoms. The minimum atomic E-state index is 0.741. The van der Waals surface area contributed by atoms with Crippen LogP contribution in [0.15, 0.2) is 133 Å². The van der Waals surface area contributed by atoms with Gasteiger partial charge in [-0.1, -0.05) is 103 Å². The van der Waals surface area contributed by atoms with E-state index in [9.17, 15) is 0 Å². The first-order valence-corrected chi connectivity index (χ1v) is 13.9. The van der Waals surface area contributed by atoms with E-state index in [1.807, 2.05) is 23.5 Å². The minimum Gasteiger partial charge on any atom is -0.228 e. The number of aromatic nitrogens is 2. The molecule has 0 aliphatic carbocycles. The summed E-state index contributed by atoms with van der Waals surface area (Å²) in [6.45, 7) is 0. The van der Waals surface area contributed by atoms with E-state index in [0.29, 0.717) is 0 Å². The molecule has 2 aromatic heterocycles. The van der Waals surface area contributed by atoms with Crippen molar-refractivity contribution in [3.8, 4) is 33.9 Å². The first kappa shape index (κ1) is 22.2. The summed E-state index contributed by atoms with van der Waals surface area (Å²) in [6.07, 6.45) is 0. The van der Waals surface area contributed by atoms with Crippen molar-refractivity contribution in [2.75, 3.05) is 0 Å². The van der Waals surface area contributed by atoms with Crippen molar-refractivity contribution in [1.82, 2.24) is 9.97 Å². The number of hydrogen-bond acceptors (Lipinski definition) is 3. The van der Waals surface area contributed by atoms with E-state index >= 15 is 0 Å². The highest BCUT2D eigenvalue weighted by atomic mass is 32.1. The van der Waals surface area contributed by atoms with E-state index in [2.05, 4.69) is 121 Å². The van der Waals surface area contributed by atoms with Crippen molar-refractivity contribution in [3.63, 3.8) is 0 Å². The predicted molar refractivity (Wildman–Crippen MR) is 166 cm³/mol. The summed E-state index contributed by atoms with van der Waals surface area (Å²) in [5, 5.41) is 7.48. The van der Waals surface area contributed by atoms with Gasteiger partial charge in [0.05, 0.1) is 11.4 Å². The van der Waals surface area contributed by atoms with Gasteiger partial charge in [0.2, 0.25) is 0 Å². The van der Waals surface area contributed by atoms with Gasteiger partial charge in [-0.05, 0) is 51.9 Å². The Hall–Kier alpha value is -4.86. The van der Waals surface area contributed by atoms with Crippen LogP contribution in [0.1, 0.15) is 0 Å². The number of fused-ring (bicyclic) bond motifs is 6. The lowest BCUT2D eigenvalue weighted by Gasteiger charge is -2.13. The van der Waals surface area contributed by atoms with Gasteiger partial charge in [0.15, 0.2) is 5.82 Å². The second kappa shape index (κ2) is 8.87. The van der Waals surface area contributed by atoms with Gasteiger partial charge in [-0.3, -0.25) is 0 Å². The van der Waals surface area contributed by atoms with Crippen molar-refractivity contribution in [2.45, 2.75) is 0 Å². The van der Waals surface area contributed by atoms with Crippen LogP contribution in [-0.4, -0.2) is 9.97 Å². The van der Waals surface area contributed by atoms with Gasteiger partial charge in [0.25, 0.3) is 0 Å². The largest absolute Gasteiger partial charge is 0.228 e. The molecule has 0 radical (unpaired) electrons. The van der Waals surface area contributed by atoms with Gasteiger partial charge in [-0.25, -0.2) is 9.97 Å². The first-order chi connectivity index (χ1) is 19.3. The van der Waals surface area contributed by atoms with E-state index in [0.717, 1.165) is 39.3 Å². The molecule has 0 bridgehead atoms. The monoisotopic (exact) mass is 514 g/mol. The van der Waals surface area contributed by atoms with E-state index in [-0.39, 0.29) is 0 Å². The Morgan fingerprint density at radius 1 is 0.410 bits per heavy atom. The van der Waals surface area contributed by atoms with Crippen LogP contribution in [0.4, 0.5) is 0 Å². The maximum atomic E-state index is 5.14. The van der Waals surface area contributed by atoms with Gasteiger partial charge in [-0.15, -0.1) is 11.3 Å². The number of benzene rings is 6. The molecule has 0 saturated carbocycles. The Morgan fingerprint density at radius 2 is 1.00 bits per heavy atom. The predicted octanol–water partition coefficient (Wildman–Crippen LogP) is 10.2. The van der Waals surface area contributed by atoms with Crippen molar-refractivity contribution in [3.05, 3.63) is 133 Å². The first-order valence-electron chi connectivity index (χ1n) is 13.1. The molecular weight excluding hydrogens is 492 g/mol.